The molecule has 0 aliphatic carbocycles. The molecular formula is C10H17NO4. The first kappa shape index (κ1) is 11.8. The standard InChI is InChI=1S/C10H17NO4/c1-6-5-11(7(6)8(12)13)9(14)15-10(2,3)4/h6-7H,5H2,1-4H3,(H,12,13). The Kier molecular flexibility index (Phi) is 2.93. The number of carbonyl (C=O) groups excluding carboxylic acids is 1. The van der Waals surface area contributed by atoms with Gasteiger partial charge >= 0.3 is 12.1 Å². The van der Waals surface area contributed by atoms with Crippen LogP contribution >= 0.6 is 0 Å². The summed E-state index contributed by atoms with van der Waals surface area (Å²) in [5, 5.41) is 8.87. The molecule has 1 rings (SSSR count). The van der Waals surface area contributed by atoms with E-state index < -0.39 is 23.7 Å². The molecule has 0 aromatic heterocycles. The Morgan fingerprint density at radius 3 is 2.27 bits per heavy atom. The van der Waals surface area contributed by atoms with E-state index in [0.29, 0.717) is 6.54 Å². The Labute approximate surface area is 89.0 Å². The van der Waals surface area contributed by atoms with Gasteiger partial charge in [-0.2, -0.15) is 0 Å². The number of likely N-dealkylation sites (tertiary alicyclic amines) is 1. The third-order valence-corrected chi connectivity index (χ3v) is 2.24. The number of hydrogen-bond donors (Lipinski definition) is 1. The first-order valence-corrected chi connectivity index (χ1v) is 4.95. The zero-order chi connectivity index (χ0) is 11.8. The molecule has 1 aliphatic rings. The van der Waals surface area contributed by atoms with Gasteiger partial charge in [0.05, 0.1) is 0 Å². The number of rotatable bonds is 1. The van der Waals surface area contributed by atoms with E-state index in [-0.39, 0.29) is 5.92 Å². The van der Waals surface area contributed by atoms with Crippen LogP contribution in [0.5, 0.6) is 0 Å². The molecule has 1 N–H and O–H groups in total. The molecule has 1 aliphatic heterocycles. The maximum absolute atomic E-state index is 11.5. The molecule has 0 bridgehead atoms. The van der Waals surface area contributed by atoms with E-state index >= 15 is 0 Å². The fourth-order valence-electron chi connectivity index (χ4n) is 1.58. The van der Waals surface area contributed by atoms with Crippen molar-refractivity contribution in [2.45, 2.75) is 39.3 Å². The van der Waals surface area contributed by atoms with Crippen LogP contribution in [0, 0.1) is 5.92 Å². The van der Waals surface area contributed by atoms with Crippen molar-refractivity contribution in [3.63, 3.8) is 0 Å². The van der Waals surface area contributed by atoms with Crippen molar-refractivity contribution < 1.29 is 19.4 Å². The van der Waals surface area contributed by atoms with Crippen LogP contribution in [0.2, 0.25) is 0 Å². The molecule has 0 aromatic rings. The summed E-state index contributed by atoms with van der Waals surface area (Å²) in [7, 11) is 0. The molecule has 1 saturated heterocycles. The number of hydrogen-bond acceptors (Lipinski definition) is 3. The lowest BCUT2D eigenvalue weighted by atomic mass is 9.91. The Balaban J connectivity index is 2.59. The monoisotopic (exact) mass is 215 g/mol. The second-order valence-corrected chi connectivity index (χ2v) is 4.89. The second kappa shape index (κ2) is 3.72. The highest BCUT2D eigenvalue weighted by Crippen LogP contribution is 2.26. The van der Waals surface area contributed by atoms with Crippen LogP contribution in [0.25, 0.3) is 0 Å². The van der Waals surface area contributed by atoms with Crippen molar-refractivity contribution in [2.24, 2.45) is 5.92 Å². The number of ether oxygens (including phenoxy) is 1. The Morgan fingerprint density at radius 2 is 1.93 bits per heavy atom. The maximum atomic E-state index is 11.5. The summed E-state index contributed by atoms with van der Waals surface area (Å²) in [6, 6.07) is -0.736. The van der Waals surface area contributed by atoms with Crippen LogP contribution in [0.4, 0.5) is 4.79 Å². The van der Waals surface area contributed by atoms with Crippen LogP contribution in [-0.2, 0) is 9.53 Å². The average Bonchev–Trinajstić information content (AvgIpc) is 1.94. The lowest BCUT2D eigenvalue weighted by molar-refractivity contribution is -0.151. The van der Waals surface area contributed by atoms with Crippen molar-refractivity contribution in [1.82, 2.24) is 4.90 Å². The summed E-state index contributed by atoms with van der Waals surface area (Å²) in [4.78, 5) is 23.6. The Hall–Kier alpha value is -1.26. The summed E-state index contributed by atoms with van der Waals surface area (Å²) in [6.07, 6.45) is -0.548. The molecule has 0 saturated carbocycles. The van der Waals surface area contributed by atoms with Gasteiger partial charge in [-0.1, -0.05) is 6.92 Å². The summed E-state index contributed by atoms with van der Waals surface area (Å²) in [5.74, 6) is -0.977. The summed E-state index contributed by atoms with van der Waals surface area (Å²) >= 11 is 0. The Bertz CT molecular complexity index is 282. The lowest BCUT2D eigenvalue weighted by Gasteiger charge is -2.43. The van der Waals surface area contributed by atoms with Crippen molar-refractivity contribution in [3.8, 4) is 0 Å². The molecule has 0 radical (unpaired) electrons. The third-order valence-electron chi connectivity index (χ3n) is 2.24. The van der Waals surface area contributed by atoms with Crippen LogP contribution in [0.15, 0.2) is 0 Å². The van der Waals surface area contributed by atoms with Gasteiger partial charge in [-0.05, 0) is 20.8 Å². The number of carbonyl (C=O) groups is 2. The molecule has 0 aromatic carbocycles. The van der Waals surface area contributed by atoms with Gasteiger partial charge in [0.2, 0.25) is 0 Å². The quantitative estimate of drug-likeness (QED) is 0.716. The first-order chi connectivity index (χ1) is 6.72. The first-order valence-electron chi connectivity index (χ1n) is 4.95. The molecule has 5 heteroatoms. The van der Waals surface area contributed by atoms with E-state index in [2.05, 4.69) is 0 Å². The van der Waals surface area contributed by atoms with E-state index in [1.165, 1.54) is 4.90 Å². The average molecular weight is 215 g/mol. The number of amides is 1. The predicted octanol–water partition coefficient (Wildman–Crippen LogP) is 1.33. The maximum Gasteiger partial charge on any atom is 0.411 e. The number of carboxylic acid groups (broad SMARTS) is 1. The van der Waals surface area contributed by atoms with Gasteiger partial charge < -0.3 is 9.84 Å². The zero-order valence-electron chi connectivity index (χ0n) is 9.48. The van der Waals surface area contributed by atoms with Crippen molar-refractivity contribution in [1.29, 1.82) is 0 Å². The van der Waals surface area contributed by atoms with Gasteiger partial charge in [0.15, 0.2) is 0 Å². The molecule has 2 unspecified atom stereocenters. The molecular weight excluding hydrogens is 198 g/mol. The summed E-state index contributed by atoms with van der Waals surface area (Å²) in [6.45, 7) is 7.52. The third kappa shape index (κ3) is 2.61. The number of carboxylic acids is 1. The van der Waals surface area contributed by atoms with Gasteiger partial charge in [-0.15, -0.1) is 0 Å². The van der Waals surface area contributed by atoms with Crippen molar-refractivity contribution >= 4 is 12.1 Å². The van der Waals surface area contributed by atoms with Gasteiger partial charge in [-0.3, -0.25) is 4.90 Å². The minimum absolute atomic E-state index is 0.00461. The molecule has 5 nitrogen and oxygen atoms in total. The highest BCUT2D eigenvalue weighted by molar-refractivity contribution is 5.82. The van der Waals surface area contributed by atoms with E-state index in [1.807, 2.05) is 0 Å². The zero-order valence-corrected chi connectivity index (χ0v) is 9.48. The summed E-state index contributed by atoms with van der Waals surface area (Å²) in [5.41, 5.74) is -0.584. The SMILES string of the molecule is CC1CN(C(=O)OC(C)(C)C)C1C(=O)O. The highest BCUT2D eigenvalue weighted by atomic mass is 16.6. The largest absolute Gasteiger partial charge is 0.480 e. The van der Waals surface area contributed by atoms with E-state index in [4.69, 9.17) is 9.84 Å². The summed E-state index contributed by atoms with van der Waals surface area (Å²) < 4.78 is 5.09. The van der Waals surface area contributed by atoms with Crippen LogP contribution in [0.3, 0.4) is 0 Å². The number of aliphatic carboxylic acids is 1. The molecule has 1 amide bonds. The Morgan fingerprint density at radius 1 is 1.40 bits per heavy atom. The second-order valence-electron chi connectivity index (χ2n) is 4.89. The van der Waals surface area contributed by atoms with E-state index in [9.17, 15) is 9.59 Å². The highest BCUT2D eigenvalue weighted by Gasteiger charge is 2.45. The van der Waals surface area contributed by atoms with Crippen molar-refractivity contribution in [3.05, 3.63) is 0 Å². The van der Waals surface area contributed by atoms with Crippen LogP contribution < -0.4 is 0 Å². The van der Waals surface area contributed by atoms with E-state index in [1.54, 1.807) is 27.7 Å². The van der Waals surface area contributed by atoms with E-state index in [0.717, 1.165) is 0 Å². The predicted molar refractivity (Wildman–Crippen MR) is 53.5 cm³/mol. The fourth-order valence-corrected chi connectivity index (χ4v) is 1.58. The normalized spacial score (nSPS) is 25.7. The number of nitrogens with zero attached hydrogens (tertiary/aromatic N) is 1. The fraction of sp³-hybridized carbons (Fsp3) is 0.800. The smallest absolute Gasteiger partial charge is 0.411 e. The van der Waals surface area contributed by atoms with Crippen LogP contribution in [-0.4, -0.2) is 40.3 Å². The lowest BCUT2D eigenvalue weighted by Crippen LogP contribution is -2.61. The topological polar surface area (TPSA) is 66.8 Å². The molecule has 86 valence electrons. The van der Waals surface area contributed by atoms with Gasteiger partial charge in [0.1, 0.15) is 11.6 Å². The minimum Gasteiger partial charge on any atom is -0.480 e. The van der Waals surface area contributed by atoms with Crippen molar-refractivity contribution in [2.75, 3.05) is 6.54 Å². The molecule has 2 atom stereocenters. The molecule has 1 fully saturated rings. The molecule has 1 heterocycles. The molecule has 15 heavy (non-hydrogen) atoms. The van der Waals surface area contributed by atoms with Gasteiger partial charge in [-0.25, -0.2) is 9.59 Å². The molecule has 0 spiro atoms. The van der Waals surface area contributed by atoms with Crippen LogP contribution in [0.1, 0.15) is 27.7 Å². The van der Waals surface area contributed by atoms with Gasteiger partial charge in [0, 0.05) is 12.5 Å². The minimum atomic E-state index is -0.973. The van der Waals surface area contributed by atoms with Gasteiger partial charge in [0.25, 0.3) is 0 Å².